The molecule has 2 aromatic rings. The van der Waals surface area contributed by atoms with E-state index in [0.717, 1.165) is 16.9 Å². The summed E-state index contributed by atoms with van der Waals surface area (Å²) in [4.78, 5) is 12.0. The van der Waals surface area contributed by atoms with E-state index in [2.05, 4.69) is 5.32 Å². The van der Waals surface area contributed by atoms with Gasteiger partial charge >= 0.3 is 0 Å². The largest absolute Gasteiger partial charge is 0.496 e. The second-order valence-electron chi connectivity index (χ2n) is 4.30. The van der Waals surface area contributed by atoms with Gasteiger partial charge in [0, 0.05) is 12.1 Å². The summed E-state index contributed by atoms with van der Waals surface area (Å²) >= 11 is 6.15. The minimum absolute atomic E-state index is 0.219. The molecular weight excluding hydrogens is 274 g/mol. The summed E-state index contributed by atoms with van der Waals surface area (Å²) in [6.45, 7) is 0.388. The van der Waals surface area contributed by atoms with Gasteiger partial charge in [-0.15, -0.1) is 11.6 Å². The van der Waals surface area contributed by atoms with E-state index in [-0.39, 0.29) is 5.91 Å². The van der Waals surface area contributed by atoms with Gasteiger partial charge in [-0.1, -0.05) is 48.5 Å². The zero-order chi connectivity index (χ0) is 14.4. The maximum Gasteiger partial charge on any atom is 0.242 e. The van der Waals surface area contributed by atoms with Crippen LogP contribution in [0.15, 0.2) is 54.6 Å². The van der Waals surface area contributed by atoms with Crippen LogP contribution in [0.3, 0.4) is 0 Å². The summed E-state index contributed by atoms with van der Waals surface area (Å²) < 4.78 is 5.24. The first-order valence-corrected chi connectivity index (χ1v) is 6.74. The fraction of sp³-hybridized carbons (Fsp3) is 0.188. The molecule has 104 valence electrons. The van der Waals surface area contributed by atoms with Crippen molar-refractivity contribution in [3.63, 3.8) is 0 Å². The third-order valence-corrected chi connectivity index (χ3v) is 3.42. The van der Waals surface area contributed by atoms with Crippen LogP contribution in [0.5, 0.6) is 5.75 Å². The van der Waals surface area contributed by atoms with E-state index in [0.29, 0.717) is 6.54 Å². The lowest BCUT2D eigenvalue weighted by atomic mass is 10.1. The molecule has 0 saturated carbocycles. The zero-order valence-corrected chi connectivity index (χ0v) is 11.9. The second kappa shape index (κ2) is 6.96. The molecule has 20 heavy (non-hydrogen) atoms. The number of halogens is 1. The summed E-state index contributed by atoms with van der Waals surface area (Å²) in [7, 11) is 1.61. The van der Waals surface area contributed by atoms with Crippen molar-refractivity contribution in [2.75, 3.05) is 7.11 Å². The van der Waals surface area contributed by atoms with Crippen LogP contribution in [0.2, 0.25) is 0 Å². The highest BCUT2D eigenvalue weighted by Crippen LogP contribution is 2.21. The number of hydrogen-bond donors (Lipinski definition) is 1. The molecule has 2 aromatic carbocycles. The lowest BCUT2D eigenvalue weighted by Gasteiger charge is -2.12. The van der Waals surface area contributed by atoms with Crippen molar-refractivity contribution in [2.45, 2.75) is 11.9 Å². The Morgan fingerprint density at radius 1 is 1.15 bits per heavy atom. The summed E-state index contributed by atoms with van der Waals surface area (Å²) in [5, 5.41) is 2.13. The van der Waals surface area contributed by atoms with Crippen LogP contribution in [0.1, 0.15) is 16.5 Å². The van der Waals surface area contributed by atoms with Gasteiger partial charge in [0.25, 0.3) is 0 Å². The van der Waals surface area contributed by atoms with E-state index in [4.69, 9.17) is 16.3 Å². The predicted molar refractivity (Wildman–Crippen MR) is 79.9 cm³/mol. The van der Waals surface area contributed by atoms with Crippen molar-refractivity contribution in [2.24, 2.45) is 0 Å². The van der Waals surface area contributed by atoms with Crippen LogP contribution in [0.4, 0.5) is 0 Å². The van der Waals surface area contributed by atoms with Crippen LogP contribution in [-0.2, 0) is 11.3 Å². The minimum atomic E-state index is -0.689. The highest BCUT2D eigenvalue weighted by molar-refractivity contribution is 6.30. The lowest BCUT2D eigenvalue weighted by molar-refractivity contribution is -0.121. The number of benzene rings is 2. The zero-order valence-electron chi connectivity index (χ0n) is 11.2. The Morgan fingerprint density at radius 3 is 2.50 bits per heavy atom. The molecule has 0 aliphatic carbocycles. The van der Waals surface area contributed by atoms with Crippen LogP contribution in [-0.4, -0.2) is 13.0 Å². The van der Waals surface area contributed by atoms with Crippen LogP contribution in [0.25, 0.3) is 0 Å². The standard InChI is InChI=1S/C16H16ClNO2/c1-20-14-10-6-5-9-13(14)11-18-16(19)15(17)12-7-3-2-4-8-12/h2-10,15H,11H2,1H3,(H,18,19). The topological polar surface area (TPSA) is 38.3 Å². The first kappa shape index (κ1) is 14.4. The number of nitrogens with one attached hydrogen (secondary N) is 1. The Morgan fingerprint density at radius 2 is 1.80 bits per heavy atom. The molecule has 1 atom stereocenters. The fourth-order valence-corrected chi connectivity index (χ4v) is 2.12. The molecule has 0 radical (unpaired) electrons. The van der Waals surface area contributed by atoms with Crippen LogP contribution in [0, 0.1) is 0 Å². The number of methoxy groups -OCH3 is 1. The average Bonchev–Trinajstić information content (AvgIpc) is 2.53. The predicted octanol–water partition coefficient (Wildman–Crippen LogP) is 3.29. The van der Waals surface area contributed by atoms with Gasteiger partial charge in [-0.25, -0.2) is 0 Å². The van der Waals surface area contributed by atoms with Crippen molar-refractivity contribution < 1.29 is 9.53 Å². The molecule has 3 nitrogen and oxygen atoms in total. The number of para-hydroxylation sites is 1. The number of amides is 1. The monoisotopic (exact) mass is 289 g/mol. The molecule has 1 amide bonds. The van der Waals surface area contributed by atoms with E-state index in [1.165, 1.54) is 0 Å². The number of carbonyl (C=O) groups is 1. The highest BCUT2D eigenvalue weighted by atomic mass is 35.5. The first-order chi connectivity index (χ1) is 9.72. The number of hydrogen-bond acceptors (Lipinski definition) is 2. The molecule has 1 unspecified atom stereocenters. The number of alkyl halides is 1. The molecule has 0 aromatic heterocycles. The summed E-state index contributed by atoms with van der Waals surface area (Å²) in [6.07, 6.45) is 0. The number of rotatable bonds is 5. The van der Waals surface area contributed by atoms with E-state index in [1.807, 2.05) is 54.6 Å². The number of ether oxygens (including phenoxy) is 1. The molecule has 0 aliphatic heterocycles. The summed E-state index contributed by atoms with van der Waals surface area (Å²) in [6, 6.07) is 16.8. The van der Waals surface area contributed by atoms with Gasteiger partial charge in [0.1, 0.15) is 11.1 Å². The molecule has 0 heterocycles. The lowest BCUT2D eigenvalue weighted by Crippen LogP contribution is -2.26. The normalized spacial score (nSPS) is 11.7. The molecule has 0 aliphatic rings. The average molecular weight is 290 g/mol. The molecule has 0 spiro atoms. The van der Waals surface area contributed by atoms with Crippen molar-refractivity contribution in [3.05, 3.63) is 65.7 Å². The van der Waals surface area contributed by atoms with Gasteiger partial charge in [0.05, 0.1) is 7.11 Å². The Labute approximate surface area is 123 Å². The van der Waals surface area contributed by atoms with Gasteiger partial charge in [-0.05, 0) is 11.6 Å². The Balaban J connectivity index is 1.99. The van der Waals surface area contributed by atoms with E-state index >= 15 is 0 Å². The minimum Gasteiger partial charge on any atom is -0.496 e. The quantitative estimate of drug-likeness (QED) is 0.858. The summed E-state index contributed by atoms with van der Waals surface area (Å²) in [5.74, 6) is 0.530. The van der Waals surface area contributed by atoms with Gasteiger partial charge < -0.3 is 10.1 Å². The Bertz CT molecular complexity index is 572. The Kier molecular flexibility index (Phi) is 5.02. The van der Waals surface area contributed by atoms with Crippen molar-refractivity contribution in [3.8, 4) is 5.75 Å². The van der Waals surface area contributed by atoms with Crippen molar-refractivity contribution in [1.82, 2.24) is 5.32 Å². The molecule has 1 N–H and O–H groups in total. The van der Waals surface area contributed by atoms with Crippen molar-refractivity contribution in [1.29, 1.82) is 0 Å². The van der Waals surface area contributed by atoms with Crippen LogP contribution >= 0.6 is 11.6 Å². The molecule has 4 heteroatoms. The molecule has 0 fully saturated rings. The van der Waals surface area contributed by atoms with E-state index in [1.54, 1.807) is 7.11 Å². The molecule has 2 rings (SSSR count). The first-order valence-electron chi connectivity index (χ1n) is 6.31. The number of carbonyl (C=O) groups excluding carboxylic acids is 1. The van der Waals surface area contributed by atoms with Gasteiger partial charge in [-0.2, -0.15) is 0 Å². The van der Waals surface area contributed by atoms with Gasteiger partial charge in [0.15, 0.2) is 0 Å². The van der Waals surface area contributed by atoms with Gasteiger partial charge in [-0.3, -0.25) is 4.79 Å². The van der Waals surface area contributed by atoms with E-state index < -0.39 is 5.38 Å². The maximum atomic E-state index is 12.0. The highest BCUT2D eigenvalue weighted by Gasteiger charge is 2.17. The van der Waals surface area contributed by atoms with Crippen LogP contribution < -0.4 is 10.1 Å². The Hall–Kier alpha value is -2.00. The second-order valence-corrected chi connectivity index (χ2v) is 4.74. The fourth-order valence-electron chi connectivity index (χ4n) is 1.89. The van der Waals surface area contributed by atoms with Gasteiger partial charge in [0.2, 0.25) is 5.91 Å². The molecule has 0 bridgehead atoms. The van der Waals surface area contributed by atoms with E-state index in [9.17, 15) is 4.79 Å². The maximum absolute atomic E-state index is 12.0. The SMILES string of the molecule is COc1ccccc1CNC(=O)C(Cl)c1ccccc1. The van der Waals surface area contributed by atoms with Crippen molar-refractivity contribution >= 4 is 17.5 Å². The third kappa shape index (κ3) is 3.52. The molecule has 0 saturated heterocycles. The smallest absolute Gasteiger partial charge is 0.242 e. The molecular formula is C16H16ClNO2. The summed E-state index contributed by atoms with van der Waals surface area (Å²) in [5.41, 5.74) is 1.70. The third-order valence-electron chi connectivity index (χ3n) is 2.97.